The Morgan fingerprint density at radius 1 is 0.946 bits per heavy atom. The molecular formula is C38H46F3N9O5S. The minimum Gasteiger partial charge on any atom is -0.375 e. The number of imide groups is 1. The van der Waals surface area contributed by atoms with Crippen LogP contribution in [0.1, 0.15) is 68.0 Å². The van der Waals surface area contributed by atoms with Crippen molar-refractivity contribution >= 4 is 44.5 Å². The number of amides is 2. The molecule has 1 atom stereocenters. The van der Waals surface area contributed by atoms with Crippen molar-refractivity contribution in [1.29, 1.82) is 0 Å². The second kappa shape index (κ2) is 16.0. The normalized spacial score (nSPS) is 19.7. The number of carbonyl (C=O) groups excluding carboxylic acids is 2. The maximum Gasteiger partial charge on any atom is 0.419 e. The van der Waals surface area contributed by atoms with Crippen LogP contribution in [0, 0.1) is 0 Å². The van der Waals surface area contributed by atoms with Crippen LogP contribution in [0.3, 0.4) is 0 Å². The summed E-state index contributed by atoms with van der Waals surface area (Å²) in [6.45, 7) is 3.89. The Kier molecular flexibility index (Phi) is 11.2. The quantitative estimate of drug-likeness (QED) is 0.212. The zero-order valence-electron chi connectivity index (χ0n) is 31.3. The van der Waals surface area contributed by atoms with E-state index < -0.39 is 33.7 Å². The molecule has 4 aromatic rings. The van der Waals surface area contributed by atoms with E-state index in [4.69, 9.17) is 0 Å². The molecule has 7 rings (SSSR count). The number of sulfonamides is 1. The van der Waals surface area contributed by atoms with Crippen molar-refractivity contribution in [2.75, 3.05) is 56.5 Å². The monoisotopic (exact) mass is 797 g/mol. The van der Waals surface area contributed by atoms with Gasteiger partial charge in [0.25, 0.3) is 0 Å². The van der Waals surface area contributed by atoms with Crippen LogP contribution >= 0.6 is 0 Å². The van der Waals surface area contributed by atoms with Gasteiger partial charge in [-0.15, -0.1) is 0 Å². The van der Waals surface area contributed by atoms with E-state index in [-0.39, 0.29) is 53.9 Å². The minimum absolute atomic E-state index is 0.0722. The molecule has 3 aliphatic heterocycles. The number of benzene rings is 2. The number of para-hydroxylation sites is 1. The largest absolute Gasteiger partial charge is 0.419 e. The average Bonchev–Trinajstić information content (AvgIpc) is 3.44. The van der Waals surface area contributed by atoms with Crippen LogP contribution in [0.5, 0.6) is 0 Å². The van der Waals surface area contributed by atoms with Gasteiger partial charge in [0.2, 0.25) is 27.8 Å². The Bertz CT molecular complexity index is 2240. The van der Waals surface area contributed by atoms with E-state index in [9.17, 15) is 36.0 Å². The van der Waals surface area contributed by atoms with Gasteiger partial charge in [0.1, 0.15) is 6.04 Å². The molecule has 14 nitrogen and oxygen atoms in total. The van der Waals surface area contributed by atoms with Crippen LogP contribution in [0.25, 0.3) is 11.0 Å². The highest BCUT2D eigenvalue weighted by Crippen LogP contribution is 2.35. The maximum absolute atomic E-state index is 13.6. The number of carbonyl (C=O) groups is 2. The highest BCUT2D eigenvalue weighted by atomic mass is 32.2. The SMILES string of the molecule is CN(CCCN1CCC(c2cccc3c2n(C)c(=O)n3C2CCC(=O)NC2=O)CC1)c1cccc(S(=O)(=O)N2CCC(Nc3ncc(C(F)(F)F)cn3)CC2)c1. The van der Waals surface area contributed by atoms with E-state index >= 15 is 0 Å². The molecule has 0 spiro atoms. The van der Waals surface area contributed by atoms with Crippen molar-refractivity contribution in [2.45, 2.75) is 74.0 Å². The number of aryl methyl sites for hydroxylation is 1. The molecule has 0 saturated carbocycles. The Hall–Kier alpha value is -4.81. The van der Waals surface area contributed by atoms with Crippen LogP contribution in [-0.4, -0.2) is 101 Å². The van der Waals surface area contributed by atoms with E-state index in [1.54, 1.807) is 29.8 Å². The van der Waals surface area contributed by atoms with Crippen molar-refractivity contribution in [3.63, 3.8) is 0 Å². The van der Waals surface area contributed by atoms with Crippen molar-refractivity contribution in [1.82, 2.24) is 33.6 Å². The van der Waals surface area contributed by atoms with Crippen molar-refractivity contribution < 1.29 is 31.2 Å². The maximum atomic E-state index is 13.6. The number of fused-ring (bicyclic) bond motifs is 1. The summed E-state index contributed by atoms with van der Waals surface area (Å²) in [6, 6.07) is 11.9. The van der Waals surface area contributed by atoms with Crippen molar-refractivity contribution in [3.8, 4) is 0 Å². The first kappa shape index (κ1) is 39.4. The molecule has 3 fully saturated rings. The van der Waals surface area contributed by atoms with E-state index in [1.807, 2.05) is 25.2 Å². The number of hydrogen-bond acceptors (Lipinski definition) is 10. The second-order valence-corrected chi connectivity index (χ2v) is 16.8. The molecule has 2 N–H and O–H groups in total. The van der Waals surface area contributed by atoms with Crippen LogP contribution in [-0.2, 0) is 32.8 Å². The van der Waals surface area contributed by atoms with Crippen LogP contribution in [0.2, 0.25) is 0 Å². The topological polar surface area (TPSA) is 155 Å². The van der Waals surface area contributed by atoms with Gasteiger partial charge in [-0.05, 0) is 93.9 Å². The summed E-state index contributed by atoms with van der Waals surface area (Å²) in [5.41, 5.74) is 2.23. The number of aromatic nitrogens is 4. The molecule has 5 heterocycles. The lowest BCUT2D eigenvalue weighted by Gasteiger charge is -2.33. The molecule has 0 aliphatic carbocycles. The Labute approximate surface area is 322 Å². The van der Waals surface area contributed by atoms with E-state index in [1.165, 1.54) is 8.87 Å². The third-order valence-corrected chi connectivity index (χ3v) is 13.2. The highest BCUT2D eigenvalue weighted by molar-refractivity contribution is 7.89. The average molecular weight is 798 g/mol. The molecule has 56 heavy (non-hydrogen) atoms. The molecule has 1 unspecified atom stereocenters. The third kappa shape index (κ3) is 8.18. The minimum atomic E-state index is -4.52. The fourth-order valence-corrected chi connectivity index (χ4v) is 9.67. The summed E-state index contributed by atoms with van der Waals surface area (Å²) in [6.07, 6.45) is 1.04. The number of nitrogens with zero attached hydrogens (tertiary/aromatic N) is 7. The zero-order chi connectivity index (χ0) is 39.8. The zero-order valence-corrected chi connectivity index (χ0v) is 32.2. The lowest BCUT2D eigenvalue weighted by Crippen LogP contribution is -2.44. The van der Waals surface area contributed by atoms with E-state index in [0.29, 0.717) is 24.8 Å². The predicted octanol–water partition coefficient (Wildman–Crippen LogP) is 4.10. The molecule has 0 radical (unpaired) electrons. The number of alkyl halides is 3. The van der Waals surface area contributed by atoms with Gasteiger partial charge in [-0.1, -0.05) is 18.2 Å². The summed E-state index contributed by atoms with van der Waals surface area (Å²) in [7, 11) is -0.0792. The fraction of sp³-hybridized carbons (Fsp3) is 0.500. The molecular weight excluding hydrogens is 752 g/mol. The number of piperidine rings is 3. The van der Waals surface area contributed by atoms with Gasteiger partial charge in [-0.2, -0.15) is 17.5 Å². The first-order valence-corrected chi connectivity index (χ1v) is 20.4. The number of hydrogen-bond donors (Lipinski definition) is 2. The van der Waals surface area contributed by atoms with Gasteiger partial charge in [-0.3, -0.25) is 24.0 Å². The van der Waals surface area contributed by atoms with Crippen molar-refractivity contribution in [3.05, 3.63) is 76.5 Å². The van der Waals surface area contributed by atoms with Gasteiger partial charge in [0.15, 0.2) is 0 Å². The summed E-state index contributed by atoms with van der Waals surface area (Å²) in [4.78, 5) is 50.0. The number of rotatable bonds is 11. The smallest absolute Gasteiger partial charge is 0.375 e. The molecule has 2 amide bonds. The molecule has 18 heteroatoms. The first-order chi connectivity index (χ1) is 26.7. The molecule has 3 saturated heterocycles. The first-order valence-electron chi connectivity index (χ1n) is 18.9. The summed E-state index contributed by atoms with van der Waals surface area (Å²) >= 11 is 0. The third-order valence-electron chi connectivity index (χ3n) is 11.3. The standard InChI is InChI=1S/C38H46F3N9O5S/c1-46(28-6-3-7-29(22-28)56(54,55)49-20-14-27(15-21-49)44-36-42-23-26(24-43-36)38(39,40)41)16-5-17-48-18-12-25(13-19-48)30-8-4-9-31-34(30)47(2)37(53)50(31)32-10-11-33(51)45-35(32)52/h3-4,6-9,22-25,27,32H,5,10-21H2,1-2H3,(H,42,43,44)(H,45,51,52). The summed E-state index contributed by atoms with van der Waals surface area (Å²) < 4.78 is 70.4. The predicted molar refractivity (Wildman–Crippen MR) is 204 cm³/mol. The van der Waals surface area contributed by atoms with Gasteiger partial charge in [0, 0.05) is 64.3 Å². The number of anilines is 2. The van der Waals surface area contributed by atoms with Gasteiger partial charge in [0.05, 0.1) is 21.5 Å². The van der Waals surface area contributed by atoms with Crippen LogP contribution < -0.4 is 21.2 Å². The van der Waals surface area contributed by atoms with Crippen LogP contribution in [0.4, 0.5) is 24.8 Å². The lowest BCUT2D eigenvalue weighted by molar-refractivity contribution is -0.138. The van der Waals surface area contributed by atoms with Gasteiger partial charge < -0.3 is 15.1 Å². The lowest BCUT2D eigenvalue weighted by atomic mass is 9.88. The number of likely N-dealkylation sites (tertiary alicyclic amines) is 1. The number of imidazole rings is 1. The highest BCUT2D eigenvalue weighted by Gasteiger charge is 2.34. The molecule has 2 aromatic heterocycles. The number of halogens is 3. The molecule has 3 aliphatic rings. The fourth-order valence-electron chi connectivity index (χ4n) is 8.16. The Balaban J connectivity index is 0.897. The van der Waals surface area contributed by atoms with E-state index in [2.05, 4.69) is 36.5 Å². The second-order valence-electron chi connectivity index (χ2n) is 14.9. The van der Waals surface area contributed by atoms with Crippen LogP contribution in [0.15, 0.2) is 64.5 Å². The van der Waals surface area contributed by atoms with Gasteiger partial charge >= 0.3 is 11.9 Å². The molecule has 300 valence electrons. The summed E-state index contributed by atoms with van der Waals surface area (Å²) in [5.74, 6) is -0.442. The molecule has 0 bridgehead atoms. The summed E-state index contributed by atoms with van der Waals surface area (Å²) in [5, 5.41) is 5.39. The van der Waals surface area contributed by atoms with Gasteiger partial charge in [-0.25, -0.2) is 23.2 Å². The van der Waals surface area contributed by atoms with E-state index in [0.717, 1.165) is 74.6 Å². The Morgan fingerprint density at radius 3 is 2.32 bits per heavy atom. The Morgan fingerprint density at radius 2 is 1.64 bits per heavy atom. The number of nitrogens with one attached hydrogen (secondary N) is 2. The van der Waals surface area contributed by atoms with Crippen molar-refractivity contribution in [2.24, 2.45) is 7.05 Å². The molecule has 2 aromatic carbocycles.